The fourth-order valence-electron chi connectivity index (χ4n) is 4.00. The smallest absolute Gasteiger partial charge is 0.328 e. The van der Waals surface area contributed by atoms with Crippen LogP contribution in [0.4, 0.5) is 5.69 Å². The third-order valence-electron chi connectivity index (χ3n) is 5.40. The number of hydrogen-bond donors (Lipinski definition) is 2. The molecule has 2 N–H and O–H groups in total. The zero-order valence-corrected chi connectivity index (χ0v) is 17.6. The lowest BCUT2D eigenvalue weighted by Gasteiger charge is -2.29. The van der Waals surface area contributed by atoms with Gasteiger partial charge < -0.3 is 20.3 Å². The number of ether oxygens (including phenoxy) is 1. The van der Waals surface area contributed by atoms with Crippen LogP contribution < -0.4 is 10.6 Å². The zero-order valence-electron chi connectivity index (χ0n) is 15.9. The van der Waals surface area contributed by atoms with E-state index in [0.717, 1.165) is 18.7 Å². The highest BCUT2D eigenvalue weighted by Crippen LogP contribution is 2.36. The Hall–Kier alpha value is -1.50. The maximum absolute atomic E-state index is 13.2. The number of carbonyl (C=O) groups is 2. The van der Waals surface area contributed by atoms with Crippen molar-refractivity contribution in [2.24, 2.45) is 11.8 Å². The molecule has 0 unspecified atom stereocenters. The normalized spacial score (nSPS) is 24.4. The maximum atomic E-state index is 13.2. The summed E-state index contributed by atoms with van der Waals surface area (Å²) in [5.74, 6) is 0.0318. The largest absolute Gasteiger partial charge is 0.468 e. The SMILES string of the molecule is COC(=O)[C@]12CN(C(=O)[C@@H](Nc3ccccc3)C(C)C)C[C@H]1CCN2.Cl.Cl. The van der Waals surface area contributed by atoms with Crippen LogP contribution in [0.25, 0.3) is 0 Å². The van der Waals surface area contributed by atoms with E-state index >= 15 is 0 Å². The van der Waals surface area contributed by atoms with Gasteiger partial charge in [-0.2, -0.15) is 0 Å². The van der Waals surface area contributed by atoms with Gasteiger partial charge in [0.15, 0.2) is 0 Å². The number of fused-ring (bicyclic) bond motifs is 1. The second kappa shape index (κ2) is 9.62. The predicted molar refractivity (Wildman–Crippen MR) is 111 cm³/mol. The molecule has 0 bridgehead atoms. The van der Waals surface area contributed by atoms with Crippen molar-refractivity contribution < 1.29 is 14.3 Å². The summed E-state index contributed by atoms with van der Waals surface area (Å²) in [6.07, 6.45) is 0.886. The first-order valence-corrected chi connectivity index (χ1v) is 8.92. The van der Waals surface area contributed by atoms with Crippen LogP contribution in [0.1, 0.15) is 20.3 Å². The summed E-state index contributed by atoms with van der Waals surface area (Å²) in [5, 5.41) is 6.65. The van der Waals surface area contributed by atoms with Crippen LogP contribution in [0.2, 0.25) is 0 Å². The van der Waals surface area contributed by atoms with Crippen molar-refractivity contribution in [1.82, 2.24) is 10.2 Å². The number of carbonyl (C=O) groups excluding carboxylic acids is 2. The van der Waals surface area contributed by atoms with Gasteiger partial charge in [-0.1, -0.05) is 32.0 Å². The number of rotatable bonds is 5. The first-order chi connectivity index (χ1) is 12.0. The highest BCUT2D eigenvalue weighted by atomic mass is 35.5. The Morgan fingerprint density at radius 2 is 1.93 bits per heavy atom. The second-order valence-electron chi connectivity index (χ2n) is 7.33. The van der Waals surface area contributed by atoms with Crippen molar-refractivity contribution in [2.75, 3.05) is 32.1 Å². The fourth-order valence-corrected chi connectivity index (χ4v) is 4.00. The van der Waals surface area contributed by atoms with Gasteiger partial charge in [-0.05, 0) is 31.0 Å². The summed E-state index contributed by atoms with van der Waals surface area (Å²) in [5.41, 5.74) is 0.188. The molecule has 0 radical (unpaired) electrons. The summed E-state index contributed by atoms with van der Waals surface area (Å²) in [4.78, 5) is 27.3. The number of amides is 1. The molecule has 0 saturated carbocycles. The number of likely N-dealkylation sites (tertiary alicyclic amines) is 1. The second-order valence-corrected chi connectivity index (χ2v) is 7.33. The molecule has 0 aromatic heterocycles. The number of nitrogens with one attached hydrogen (secondary N) is 2. The van der Waals surface area contributed by atoms with Crippen LogP contribution in [0.3, 0.4) is 0 Å². The number of benzene rings is 1. The Balaban J connectivity index is 0.00000182. The third-order valence-corrected chi connectivity index (χ3v) is 5.40. The molecule has 2 heterocycles. The van der Waals surface area contributed by atoms with Crippen molar-refractivity contribution in [3.63, 3.8) is 0 Å². The minimum Gasteiger partial charge on any atom is -0.468 e. The van der Waals surface area contributed by atoms with E-state index in [9.17, 15) is 9.59 Å². The summed E-state index contributed by atoms with van der Waals surface area (Å²) in [6, 6.07) is 9.43. The number of nitrogens with zero attached hydrogens (tertiary/aromatic N) is 1. The Morgan fingerprint density at radius 3 is 2.52 bits per heavy atom. The molecule has 1 aromatic rings. The van der Waals surface area contributed by atoms with Gasteiger partial charge in [-0.3, -0.25) is 4.79 Å². The number of anilines is 1. The van der Waals surface area contributed by atoms with Crippen LogP contribution in [0.15, 0.2) is 30.3 Å². The molecule has 8 heteroatoms. The van der Waals surface area contributed by atoms with Gasteiger partial charge in [0.05, 0.1) is 13.7 Å². The summed E-state index contributed by atoms with van der Waals surface area (Å²) in [7, 11) is 1.41. The minimum absolute atomic E-state index is 0. The number of methoxy groups -OCH3 is 1. The topological polar surface area (TPSA) is 70.7 Å². The van der Waals surface area contributed by atoms with Gasteiger partial charge >= 0.3 is 5.97 Å². The lowest BCUT2D eigenvalue weighted by molar-refractivity contribution is -0.148. The molecule has 3 atom stereocenters. The van der Waals surface area contributed by atoms with Crippen molar-refractivity contribution in [3.05, 3.63) is 30.3 Å². The molecule has 1 amide bonds. The summed E-state index contributed by atoms with van der Waals surface area (Å²) >= 11 is 0. The van der Waals surface area contributed by atoms with Crippen LogP contribution in [-0.2, 0) is 14.3 Å². The monoisotopic (exact) mass is 417 g/mol. The molecule has 2 saturated heterocycles. The lowest BCUT2D eigenvalue weighted by atomic mass is 9.89. The molecular formula is C19H29Cl2N3O3. The molecule has 2 aliphatic rings. The molecule has 1 aromatic carbocycles. The first kappa shape index (κ1) is 23.5. The van der Waals surface area contributed by atoms with Gasteiger partial charge in [0.2, 0.25) is 5.91 Å². The van der Waals surface area contributed by atoms with E-state index in [1.54, 1.807) is 0 Å². The van der Waals surface area contributed by atoms with Gasteiger partial charge in [0.25, 0.3) is 0 Å². The van der Waals surface area contributed by atoms with E-state index in [4.69, 9.17) is 4.74 Å². The standard InChI is InChI=1S/C19H27N3O3.2ClH/c1-13(2)16(21-15-7-5-4-6-8-15)17(23)22-11-14-9-10-20-19(14,12-22)18(24)25-3;;/h4-8,13-14,16,20-21H,9-12H2,1-3H3;2*1H/t14-,16+,19+;;/m1../s1. The molecule has 2 fully saturated rings. The molecule has 0 aliphatic carbocycles. The van der Waals surface area contributed by atoms with Crippen molar-refractivity contribution >= 4 is 42.4 Å². The minimum atomic E-state index is -0.737. The summed E-state index contributed by atoms with van der Waals surface area (Å²) in [6.45, 7) is 5.83. The van der Waals surface area contributed by atoms with Gasteiger partial charge in [-0.15, -0.1) is 24.8 Å². The molecule has 2 aliphatic heterocycles. The highest BCUT2D eigenvalue weighted by molar-refractivity contribution is 5.89. The van der Waals surface area contributed by atoms with E-state index in [0.29, 0.717) is 13.1 Å². The van der Waals surface area contributed by atoms with Gasteiger partial charge in [0, 0.05) is 18.2 Å². The molecule has 3 rings (SSSR count). The quantitative estimate of drug-likeness (QED) is 0.719. The van der Waals surface area contributed by atoms with Crippen molar-refractivity contribution in [2.45, 2.75) is 31.8 Å². The number of esters is 1. The van der Waals surface area contributed by atoms with E-state index in [-0.39, 0.29) is 54.6 Å². The predicted octanol–water partition coefficient (Wildman–Crippen LogP) is 2.33. The van der Waals surface area contributed by atoms with Crippen LogP contribution in [0.5, 0.6) is 0 Å². The number of halogens is 2. The van der Waals surface area contributed by atoms with Crippen LogP contribution in [-0.4, -0.2) is 55.1 Å². The van der Waals surface area contributed by atoms with Crippen LogP contribution in [0, 0.1) is 11.8 Å². The van der Waals surface area contributed by atoms with E-state index in [2.05, 4.69) is 10.6 Å². The molecular weight excluding hydrogens is 389 g/mol. The summed E-state index contributed by atoms with van der Waals surface area (Å²) < 4.78 is 5.02. The van der Waals surface area contributed by atoms with E-state index in [1.807, 2.05) is 49.1 Å². The van der Waals surface area contributed by atoms with Crippen molar-refractivity contribution in [1.29, 1.82) is 0 Å². The zero-order chi connectivity index (χ0) is 18.0. The lowest BCUT2D eigenvalue weighted by Crippen LogP contribution is -2.55. The van der Waals surface area contributed by atoms with E-state index in [1.165, 1.54) is 7.11 Å². The van der Waals surface area contributed by atoms with E-state index < -0.39 is 5.54 Å². The molecule has 152 valence electrons. The molecule has 6 nitrogen and oxygen atoms in total. The van der Waals surface area contributed by atoms with Crippen LogP contribution >= 0.6 is 24.8 Å². The number of hydrogen-bond acceptors (Lipinski definition) is 5. The fraction of sp³-hybridized carbons (Fsp3) is 0.579. The Bertz CT molecular complexity index is 644. The molecule has 27 heavy (non-hydrogen) atoms. The van der Waals surface area contributed by atoms with Gasteiger partial charge in [0.1, 0.15) is 11.6 Å². The van der Waals surface area contributed by atoms with Crippen molar-refractivity contribution in [3.8, 4) is 0 Å². The third kappa shape index (κ3) is 4.50. The Labute approximate surface area is 173 Å². The first-order valence-electron chi connectivity index (χ1n) is 8.92. The Morgan fingerprint density at radius 1 is 1.26 bits per heavy atom. The highest BCUT2D eigenvalue weighted by Gasteiger charge is 2.57. The Kier molecular flexibility index (Phi) is 8.39. The maximum Gasteiger partial charge on any atom is 0.328 e. The molecule has 0 spiro atoms. The number of para-hydroxylation sites is 1. The van der Waals surface area contributed by atoms with Gasteiger partial charge in [-0.25, -0.2) is 4.79 Å². The average molecular weight is 418 g/mol. The average Bonchev–Trinajstić information content (AvgIpc) is 3.17.